The molecule has 1 aromatic heterocycles. The third-order valence-corrected chi connectivity index (χ3v) is 3.20. The molecule has 0 unspecified atom stereocenters. The van der Waals surface area contributed by atoms with E-state index >= 15 is 0 Å². The number of nitrogens with zero attached hydrogens (tertiary/aromatic N) is 1. The molecule has 2 rings (SSSR count). The highest BCUT2D eigenvalue weighted by Gasteiger charge is 2.23. The summed E-state index contributed by atoms with van der Waals surface area (Å²) in [7, 11) is 5.69. The SMILES string of the molecule is COc1cc2c(=O)n(C)cc(C(=O)O)c2c(OC)c1OC. The number of ether oxygens (including phenoxy) is 3. The number of benzene rings is 1. The number of aryl methyl sites for hydroxylation is 1. The number of carbonyl (C=O) groups is 1. The van der Waals surface area contributed by atoms with Crippen molar-refractivity contribution in [1.82, 2.24) is 4.57 Å². The van der Waals surface area contributed by atoms with Gasteiger partial charge in [-0.3, -0.25) is 4.79 Å². The first-order valence-corrected chi connectivity index (χ1v) is 6.01. The van der Waals surface area contributed by atoms with Gasteiger partial charge in [-0.05, 0) is 6.07 Å². The monoisotopic (exact) mass is 293 g/mol. The van der Waals surface area contributed by atoms with Gasteiger partial charge < -0.3 is 23.9 Å². The van der Waals surface area contributed by atoms with Crippen LogP contribution in [0, 0.1) is 0 Å². The Balaban J connectivity index is 3.12. The highest BCUT2D eigenvalue weighted by atomic mass is 16.5. The molecule has 0 aliphatic rings. The van der Waals surface area contributed by atoms with Crippen LogP contribution in [0.15, 0.2) is 17.1 Å². The van der Waals surface area contributed by atoms with Gasteiger partial charge in [-0.25, -0.2) is 4.79 Å². The molecule has 1 heterocycles. The lowest BCUT2D eigenvalue weighted by atomic mass is 10.0. The highest BCUT2D eigenvalue weighted by Crippen LogP contribution is 2.43. The number of aromatic nitrogens is 1. The van der Waals surface area contributed by atoms with Gasteiger partial charge in [0.1, 0.15) is 0 Å². The number of methoxy groups -OCH3 is 3. The molecule has 2 aromatic rings. The molecule has 0 saturated carbocycles. The number of hydrogen-bond acceptors (Lipinski definition) is 5. The number of fused-ring (bicyclic) bond motifs is 1. The number of carboxylic acid groups (broad SMARTS) is 1. The van der Waals surface area contributed by atoms with Crippen molar-refractivity contribution in [3.8, 4) is 17.2 Å². The van der Waals surface area contributed by atoms with Crippen LogP contribution in [0.25, 0.3) is 10.8 Å². The second-order valence-corrected chi connectivity index (χ2v) is 4.33. The number of hydrogen-bond donors (Lipinski definition) is 1. The molecule has 0 radical (unpaired) electrons. The first-order valence-electron chi connectivity index (χ1n) is 6.01. The lowest BCUT2D eigenvalue weighted by Crippen LogP contribution is -2.19. The predicted molar refractivity (Wildman–Crippen MR) is 75.8 cm³/mol. The molecule has 0 aliphatic heterocycles. The number of aromatic carboxylic acids is 1. The van der Waals surface area contributed by atoms with Crippen molar-refractivity contribution in [3.63, 3.8) is 0 Å². The summed E-state index contributed by atoms with van der Waals surface area (Å²) in [5, 5.41) is 9.74. The smallest absolute Gasteiger partial charge is 0.337 e. The molecule has 0 saturated heterocycles. The average molecular weight is 293 g/mol. The van der Waals surface area contributed by atoms with Crippen LogP contribution in [0.3, 0.4) is 0 Å². The van der Waals surface area contributed by atoms with Gasteiger partial charge >= 0.3 is 5.97 Å². The highest BCUT2D eigenvalue weighted by molar-refractivity contribution is 6.07. The Bertz CT molecular complexity index is 777. The van der Waals surface area contributed by atoms with Crippen LogP contribution >= 0.6 is 0 Å². The molecular weight excluding hydrogens is 278 g/mol. The van der Waals surface area contributed by atoms with E-state index in [9.17, 15) is 14.7 Å². The third kappa shape index (κ3) is 2.16. The van der Waals surface area contributed by atoms with Crippen molar-refractivity contribution in [2.45, 2.75) is 0 Å². The molecule has 0 amide bonds. The zero-order valence-corrected chi connectivity index (χ0v) is 12.1. The fraction of sp³-hybridized carbons (Fsp3) is 0.286. The number of rotatable bonds is 4. The van der Waals surface area contributed by atoms with Gasteiger partial charge in [-0.1, -0.05) is 0 Å². The summed E-state index contributed by atoms with van der Waals surface area (Å²) in [4.78, 5) is 23.7. The van der Waals surface area contributed by atoms with Crippen LogP contribution in [0.2, 0.25) is 0 Å². The molecule has 1 aromatic carbocycles. The van der Waals surface area contributed by atoms with Crippen molar-refractivity contribution in [3.05, 3.63) is 28.2 Å². The van der Waals surface area contributed by atoms with Crippen molar-refractivity contribution < 1.29 is 24.1 Å². The Labute approximate surface area is 120 Å². The van der Waals surface area contributed by atoms with Gasteiger partial charge in [0.05, 0.1) is 32.3 Å². The Morgan fingerprint density at radius 2 is 1.76 bits per heavy atom. The zero-order valence-electron chi connectivity index (χ0n) is 12.1. The van der Waals surface area contributed by atoms with E-state index in [4.69, 9.17) is 14.2 Å². The average Bonchev–Trinajstić information content (AvgIpc) is 2.48. The summed E-state index contributed by atoms with van der Waals surface area (Å²) >= 11 is 0. The summed E-state index contributed by atoms with van der Waals surface area (Å²) in [5.41, 5.74) is -0.404. The van der Waals surface area contributed by atoms with E-state index in [1.807, 2.05) is 0 Å². The second kappa shape index (κ2) is 5.35. The topological polar surface area (TPSA) is 87.0 Å². The largest absolute Gasteiger partial charge is 0.493 e. The molecule has 112 valence electrons. The van der Waals surface area contributed by atoms with E-state index in [-0.39, 0.29) is 33.4 Å². The maximum absolute atomic E-state index is 12.3. The van der Waals surface area contributed by atoms with Crippen LogP contribution < -0.4 is 19.8 Å². The van der Waals surface area contributed by atoms with E-state index < -0.39 is 5.97 Å². The summed E-state index contributed by atoms with van der Waals surface area (Å²) in [6, 6.07) is 1.45. The van der Waals surface area contributed by atoms with E-state index in [2.05, 4.69) is 0 Å². The molecule has 1 N–H and O–H groups in total. The van der Waals surface area contributed by atoms with Gasteiger partial charge in [0.2, 0.25) is 5.75 Å². The molecular formula is C14H15NO6. The van der Waals surface area contributed by atoms with Crippen LogP contribution in [0.1, 0.15) is 10.4 Å². The number of pyridine rings is 1. The first kappa shape index (κ1) is 14.7. The van der Waals surface area contributed by atoms with Gasteiger partial charge in [0.15, 0.2) is 11.5 Å². The quantitative estimate of drug-likeness (QED) is 0.913. The Morgan fingerprint density at radius 1 is 1.14 bits per heavy atom. The zero-order chi connectivity index (χ0) is 15.7. The molecule has 0 bridgehead atoms. The summed E-state index contributed by atoms with van der Waals surface area (Å²) in [6.45, 7) is 0. The van der Waals surface area contributed by atoms with Crippen LogP contribution in [0.4, 0.5) is 0 Å². The van der Waals surface area contributed by atoms with Crippen molar-refractivity contribution in [2.24, 2.45) is 7.05 Å². The van der Waals surface area contributed by atoms with Crippen molar-refractivity contribution in [2.75, 3.05) is 21.3 Å². The van der Waals surface area contributed by atoms with Gasteiger partial charge in [0.25, 0.3) is 5.56 Å². The number of carboxylic acids is 1. The van der Waals surface area contributed by atoms with Crippen LogP contribution in [-0.4, -0.2) is 37.0 Å². The molecule has 0 fully saturated rings. The minimum Gasteiger partial charge on any atom is -0.493 e. The Morgan fingerprint density at radius 3 is 2.24 bits per heavy atom. The minimum absolute atomic E-state index is 0.0510. The van der Waals surface area contributed by atoms with E-state index in [1.54, 1.807) is 0 Å². The van der Waals surface area contributed by atoms with Crippen LogP contribution in [0.5, 0.6) is 17.2 Å². The maximum atomic E-state index is 12.3. The van der Waals surface area contributed by atoms with Crippen LogP contribution in [-0.2, 0) is 7.05 Å². The molecule has 7 nitrogen and oxygen atoms in total. The van der Waals surface area contributed by atoms with Gasteiger partial charge in [-0.2, -0.15) is 0 Å². The first-order chi connectivity index (χ1) is 9.96. The minimum atomic E-state index is -1.17. The molecule has 21 heavy (non-hydrogen) atoms. The molecule has 0 spiro atoms. The van der Waals surface area contributed by atoms with Gasteiger partial charge in [0, 0.05) is 18.6 Å². The van der Waals surface area contributed by atoms with E-state index in [1.165, 1.54) is 45.2 Å². The summed E-state index contributed by atoms with van der Waals surface area (Å²) < 4.78 is 16.9. The lowest BCUT2D eigenvalue weighted by Gasteiger charge is -2.16. The fourth-order valence-electron chi connectivity index (χ4n) is 2.26. The second-order valence-electron chi connectivity index (χ2n) is 4.33. The summed E-state index contributed by atoms with van der Waals surface area (Å²) in [6.07, 6.45) is 1.25. The fourth-order valence-corrected chi connectivity index (χ4v) is 2.26. The lowest BCUT2D eigenvalue weighted by molar-refractivity contribution is 0.0698. The van der Waals surface area contributed by atoms with E-state index in [0.29, 0.717) is 5.75 Å². The Hall–Kier alpha value is -2.70. The third-order valence-electron chi connectivity index (χ3n) is 3.20. The molecule has 7 heteroatoms. The molecule has 0 aliphatic carbocycles. The standard InChI is InChI=1S/C14H15NO6/c1-15-6-8(14(17)18)10-7(13(15)16)5-9(19-2)11(20-3)12(10)21-4/h5-6H,1-4H3,(H,17,18). The summed E-state index contributed by atoms with van der Waals surface area (Å²) in [5.74, 6) is -0.479. The van der Waals surface area contributed by atoms with Crippen molar-refractivity contribution in [1.29, 1.82) is 0 Å². The predicted octanol–water partition coefficient (Wildman–Crippen LogP) is 1.26. The maximum Gasteiger partial charge on any atom is 0.337 e. The van der Waals surface area contributed by atoms with Gasteiger partial charge in [-0.15, -0.1) is 0 Å². The Kier molecular flexibility index (Phi) is 3.75. The van der Waals surface area contributed by atoms with E-state index in [0.717, 1.165) is 0 Å². The molecule has 0 atom stereocenters. The van der Waals surface area contributed by atoms with Crippen molar-refractivity contribution >= 4 is 16.7 Å². The normalized spacial score (nSPS) is 10.5.